The van der Waals surface area contributed by atoms with Gasteiger partial charge in [0.15, 0.2) is 0 Å². The number of hydrogen-bond acceptors (Lipinski definition) is 0. The van der Waals surface area contributed by atoms with Gasteiger partial charge in [-0.05, 0) is 31.2 Å². The number of alkyl halides is 1. The maximum absolute atomic E-state index is 3.89. The van der Waals surface area contributed by atoms with Crippen LogP contribution in [0.5, 0.6) is 0 Å². The third kappa shape index (κ3) is 5.25. The fourth-order valence-corrected chi connectivity index (χ4v) is 3.24. The van der Waals surface area contributed by atoms with Gasteiger partial charge in [-0.25, -0.2) is 0 Å². The summed E-state index contributed by atoms with van der Waals surface area (Å²) >= 11 is 3.89. The standard InChI is InChI=1S/C16H25Br/c1-4-6-7-15(5-2)16(17)12-14-10-8-13(3)9-11-14/h8-11,15-16H,4-7,12H2,1-3H3. The van der Waals surface area contributed by atoms with Crippen LogP contribution in [0.3, 0.4) is 0 Å². The van der Waals surface area contributed by atoms with Crippen molar-refractivity contribution in [1.82, 2.24) is 0 Å². The number of hydrogen-bond donors (Lipinski definition) is 0. The summed E-state index contributed by atoms with van der Waals surface area (Å²) in [6.07, 6.45) is 6.45. The zero-order chi connectivity index (χ0) is 12.7. The number of halogens is 1. The van der Waals surface area contributed by atoms with Crippen molar-refractivity contribution in [2.45, 2.75) is 57.7 Å². The minimum absolute atomic E-state index is 0.627. The van der Waals surface area contributed by atoms with Crippen LogP contribution in [-0.4, -0.2) is 4.83 Å². The summed E-state index contributed by atoms with van der Waals surface area (Å²) in [5.74, 6) is 0.816. The summed E-state index contributed by atoms with van der Waals surface area (Å²) in [5.41, 5.74) is 2.80. The lowest BCUT2D eigenvalue weighted by Gasteiger charge is -2.21. The van der Waals surface area contributed by atoms with E-state index >= 15 is 0 Å². The minimum Gasteiger partial charge on any atom is -0.0884 e. The Bertz CT molecular complexity index is 302. The first-order valence-electron chi connectivity index (χ1n) is 6.87. The molecule has 0 nitrogen and oxygen atoms in total. The summed E-state index contributed by atoms with van der Waals surface area (Å²) in [7, 11) is 0. The maximum atomic E-state index is 3.89. The van der Waals surface area contributed by atoms with Gasteiger partial charge in [0.25, 0.3) is 0 Å². The third-order valence-corrected chi connectivity index (χ3v) is 4.59. The zero-order valence-electron chi connectivity index (χ0n) is 11.4. The molecule has 2 atom stereocenters. The largest absolute Gasteiger partial charge is 0.0884 e. The van der Waals surface area contributed by atoms with E-state index in [9.17, 15) is 0 Å². The minimum atomic E-state index is 0.627. The van der Waals surface area contributed by atoms with E-state index in [2.05, 4.69) is 61.0 Å². The van der Waals surface area contributed by atoms with Crippen molar-refractivity contribution >= 4 is 15.9 Å². The Morgan fingerprint density at radius 2 is 1.76 bits per heavy atom. The van der Waals surface area contributed by atoms with Crippen molar-refractivity contribution < 1.29 is 0 Å². The van der Waals surface area contributed by atoms with E-state index < -0.39 is 0 Å². The molecule has 0 N–H and O–H groups in total. The topological polar surface area (TPSA) is 0 Å². The molecule has 0 radical (unpaired) electrons. The Labute approximate surface area is 115 Å². The molecule has 0 saturated carbocycles. The summed E-state index contributed by atoms with van der Waals surface area (Å²) in [6.45, 7) is 6.73. The number of rotatable bonds is 7. The Balaban J connectivity index is 2.51. The lowest BCUT2D eigenvalue weighted by Crippen LogP contribution is -2.16. The number of aryl methyl sites for hydroxylation is 1. The first kappa shape index (κ1) is 14.8. The molecule has 0 amide bonds. The van der Waals surface area contributed by atoms with Crippen LogP contribution >= 0.6 is 15.9 Å². The van der Waals surface area contributed by atoms with Gasteiger partial charge in [-0.3, -0.25) is 0 Å². The van der Waals surface area contributed by atoms with Crippen molar-refractivity contribution in [3.8, 4) is 0 Å². The molecule has 0 aliphatic rings. The van der Waals surface area contributed by atoms with Crippen LogP contribution in [0.25, 0.3) is 0 Å². The first-order chi connectivity index (χ1) is 8.17. The van der Waals surface area contributed by atoms with Crippen molar-refractivity contribution in [2.24, 2.45) is 5.92 Å². The average molecular weight is 297 g/mol. The van der Waals surface area contributed by atoms with Gasteiger partial charge in [0, 0.05) is 4.83 Å². The van der Waals surface area contributed by atoms with E-state index in [1.807, 2.05) is 0 Å². The van der Waals surface area contributed by atoms with Gasteiger partial charge in [0.2, 0.25) is 0 Å². The van der Waals surface area contributed by atoms with Gasteiger partial charge in [-0.15, -0.1) is 0 Å². The lowest BCUT2D eigenvalue weighted by atomic mass is 9.92. The highest BCUT2D eigenvalue weighted by Gasteiger charge is 2.16. The van der Waals surface area contributed by atoms with E-state index in [0.717, 1.165) is 12.3 Å². The van der Waals surface area contributed by atoms with Crippen LogP contribution in [0.1, 0.15) is 50.7 Å². The van der Waals surface area contributed by atoms with Crippen LogP contribution in [-0.2, 0) is 6.42 Å². The van der Waals surface area contributed by atoms with Gasteiger partial charge in [0.1, 0.15) is 0 Å². The second-order valence-electron chi connectivity index (χ2n) is 5.02. The molecule has 0 aliphatic heterocycles. The molecule has 0 spiro atoms. The Morgan fingerprint density at radius 3 is 2.29 bits per heavy atom. The molecular weight excluding hydrogens is 272 g/mol. The van der Waals surface area contributed by atoms with E-state index in [1.165, 1.54) is 36.8 Å². The van der Waals surface area contributed by atoms with E-state index in [1.54, 1.807) is 0 Å². The molecule has 96 valence electrons. The predicted molar refractivity (Wildman–Crippen MR) is 80.9 cm³/mol. The van der Waals surface area contributed by atoms with E-state index in [4.69, 9.17) is 0 Å². The predicted octanol–water partition coefficient (Wildman–Crippen LogP) is 5.52. The van der Waals surface area contributed by atoms with Gasteiger partial charge < -0.3 is 0 Å². The van der Waals surface area contributed by atoms with Crippen LogP contribution in [0.2, 0.25) is 0 Å². The molecule has 1 heteroatoms. The van der Waals surface area contributed by atoms with Crippen molar-refractivity contribution in [3.63, 3.8) is 0 Å². The SMILES string of the molecule is CCCCC(CC)C(Br)Cc1ccc(C)cc1. The second kappa shape index (κ2) is 7.92. The molecule has 0 aliphatic carbocycles. The molecule has 1 rings (SSSR count). The maximum Gasteiger partial charge on any atom is 0.0214 e. The molecule has 1 aromatic rings. The first-order valence-corrected chi connectivity index (χ1v) is 7.78. The lowest BCUT2D eigenvalue weighted by molar-refractivity contribution is 0.437. The molecule has 0 aromatic heterocycles. The monoisotopic (exact) mass is 296 g/mol. The Hall–Kier alpha value is -0.300. The smallest absolute Gasteiger partial charge is 0.0214 e. The number of benzene rings is 1. The van der Waals surface area contributed by atoms with Crippen LogP contribution < -0.4 is 0 Å². The second-order valence-corrected chi connectivity index (χ2v) is 6.19. The van der Waals surface area contributed by atoms with Gasteiger partial charge >= 0.3 is 0 Å². The van der Waals surface area contributed by atoms with Crippen LogP contribution in [0.4, 0.5) is 0 Å². The average Bonchev–Trinajstić information content (AvgIpc) is 2.33. The van der Waals surface area contributed by atoms with Crippen LogP contribution in [0.15, 0.2) is 24.3 Å². The Kier molecular flexibility index (Phi) is 6.87. The highest BCUT2D eigenvalue weighted by Crippen LogP contribution is 2.26. The summed E-state index contributed by atoms with van der Waals surface area (Å²) in [6, 6.07) is 8.94. The molecule has 0 fully saturated rings. The molecular formula is C16H25Br. The Morgan fingerprint density at radius 1 is 1.12 bits per heavy atom. The van der Waals surface area contributed by atoms with Gasteiger partial charge in [-0.2, -0.15) is 0 Å². The highest BCUT2D eigenvalue weighted by molar-refractivity contribution is 9.09. The molecule has 2 unspecified atom stereocenters. The van der Waals surface area contributed by atoms with E-state index in [0.29, 0.717) is 4.83 Å². The molecule has 1 aromatic carbocycles. The van der Waals surface area contributed by atoms with Crippen LogP contribution in [0, 0.1) is 12.8 Å². The summed E-state index contributed by atoms with van der Waals surface area (Å²) < 4.78 is 0. The van der Waals surface area contributed by atoms with E-state index in [-0.39, 0.29) is 0 Å². The van der Waals surface area contributed by atoms with Crippen molar-refractivity contribution in [1.29, 1.82) is 0 Å². The fraction of sp³-hybridized carbons (Fsp3) is 0.625. The molecule has 0 bridgehead atoms. The summed E-state index contributed by atoms with van der Waals surface area (Å²) in [5, 5.41) is 0. The number of unbranched alkanes of at least 4 members (excludes halogenated alkanes) is 1. The normalized spacial score (nSPS) is 14.6. The van der Waals surface area contributed by atoms with Gasteiger partial charge in [0.05, 0.1) is 0 Å². The van der Waals surface area contributed by atoms with Gasteiger partial charge in [-0.1, -0.05) is 78.9 Å². The van der Waals surface area contributed by atoms with Crippen molar-refractivity contribution in [3.05, 3.63) is 35.4 Å². The zero-order valence-corrected chi connectivity index (χ0v) is 13.0. The molecule has 0 saturated heterocycles. The third-order valence-electron chi connectivity index (χ3n) is 3.52. The molecule has 0 heterocycles. The highest BCUT2D eigenvalue weighted by atomic mass is 79.9. The quantitative estimate of drug-likeness (QED) is 0.581. The molecule has 17 heavy (non-hydrogen) atoms. The summed E-state index contributed by atoms with van der Waals surface area (Å²) in [4.78, 5) is 0.627. The fourth-order valence-electron chi connectivity index (χ4n) is 2.22. The van der Waals surface area contributed by atoms with Crippen molar-refractivity contribution in [2.75, 3.05) is 0 Å².